The lowest BCUT2D eigenvalue weighted by Gasteiger charge is -2.21. The Morgan fingerprint density at radius 1 is 1.00 bits per heavy atom. The van der Waals surface area contributed by atoms with Crippen LogP contribution in [-0.2, 0) is 9.53 Å². The second kappa shape index (κ2) is 6.36. The quantitative estimate of drug-likeness (QED) is 0.574. The average molecular weight is 310 g/mol. The first-order chi connectivity index (χ1) is 11.1. The predicted octanol–water partition coefficient (Wildman–Crippen LogP) is 2.95. The summed E-state index contributed by atoms with van der Waals surface area (Å²) in [6.45, 7) is 0. The molecular weight excluding hydrogens is 292 g/mol. The molecule has 4 nitrogen and oxygen atoms in total. The van der Waals surface area contributed by atoms with Crippen molar-refractivity contribution in [3.63, 3.8) is 0 Å². The fourth-order valence-corrected chi connectivity index (χ4v) is 2.93. The zero-order valence-electron chi connectivity index (χ0n) is 12.8. The van der Waals surface area contributed by atoms with Gasteiger partial charge >= 0.3 is 5.97 Å². The van der Waals surface area contributed by atoms with Gasteiger partial charge in [0, 0.05) is 0 Å². The molecule has 0 aliphatic carbocycles. The summed E-state index contributed by atoms with van der Waals surface area (Å²) in [5.74, 6) is -0.555. The zero-order valence-corrected chi connectivity index (χ0v) is 12.8. The molecule has 0 bridgehead atoms. The molecule has 0 fully saturated rings. The molecule has 2 N–H and O–H groups in total. The van der Waals surface area contributed by atoms with Crippen molar-refractivity contribution >= 4 is 27.5 Å². The van der Waals surface area contributed by atoms with Crippen LogP contribution in [-0.4, -0.2) is 29.4 Å². The summed E-state index contributed by atoms with van der Waals surface area (Å²) in [6.07, 6.45) is -2.66. The van der Waals surface area contributed by atoms with E-state index in [0.29, 0.717) is 5.56 Å². The third-order valence-corrected chi connectivity index (χ3v) is 4.08. The van der Waals surface area contributed by atoms with Gasteiger partial charge in [-0.3, -0.25) is 4.79 Å². The van der Waals surface area contributed by atoms with E-state index in [4.69, 9.17) is 0 Å². The van der Waals surface area contributed by atoms with E-state index in [9.17, 15) is 15.0 Å². The van der Waals surface area contributed by atoms with E-state index in [1.54, 1.807) is 0 Å². The molecular formula is C19H18O4. The molecule has 0 aromatic heterocycles. The number of carbonyl (C=O) groups is 1. The van der Waals surface area contributed by atoms with Crippen LogP contribution in [0, 0.1) is 0 Å². The first kappa shape index (κ1) is 15.5. The summed E-state index contributed by atoms with van der Waals surface area (Å²) in [5.41, 5.74) is 0.634. The number of hydrogen-bond donors (Lipinski definition) is 2. The average Bonchev–Trinajstić information content (AvgIpc) is 2.58. The summed E-state index contributed by atoms with van der Waals surface area (Å²) in [7, 11) is 1.26. The number of carbonyl (C=O) groups excluding carboxylic acids is 1. The molecule has 0 spiro atoms. The molecule has 0 saturated carbocycles. The van der Waals surface area contributed by atoms with Gasteiger partial charge in [0.1, 0.15) is 6.10 Å². The minimum absolute atomic E-state index is 0.255. The molecule has 3 aromatic rings. The van der Waals surface area contributed by atoms with Crippen molar-refractivity contribution in [1.29, 1.82) is 0 Å². The highest BCUT2D eigenvalue weighted by Gasteiger charge is 2.25. The van der Waals surface area contributed by atoms with Crippen molar-refractivity contribution in [2.75, 3.05) is 7.11 Å². The molecule has 3 rings (SSSR count). The first-order valence-corrected chi connectivity index (χ1v) is 7.45. The number of hydrogen-bond acceptors (Lipinski definition) is 4. The third kappa shape index (κ3) is 2.91. The molecule has 0 amide bonds. The van der Waals surface area contributed by atoms with Crippen LogP contribution in [0.15, 0.2) is 54.6 Å². The van der Waals surface area contributed by atoms with Crippen LogP contribution in [0.25, 0.3) is 21.5 Å². The third-order valence-electron chi connectivity index (χ3n) is 4.08. The van der Waals surface area contributed by atoms with Crippen molar-refractivity contribution in [2.45, 2.75) is 18.6 Å². The van der Waals surface area contributed by atoms with Crippen molar-refractivity contribution in [3.05, 3.63) is 60.2 Å². The van der Waals surface area contributed by atoms with Gasteiger partial charge in [-0.05, 0) is 33.2 Å². The maximum atomic E-state index is 11.4. The number of aliphatic hydroxyl groups is 2. The van der Waals surface area contributed by atoms with E-state index in [1.165, 1.54) is 7.11 Å². The van der Waals surface area contributed by atoms with Gasteiger partial charge < -0.3 is 14.9 Å². The number of fused-ring (bicyclic) bond motifs is 2. The van der Waals surface area contributed by atoms with Gasteiger partial charge in [-0.15, -0.1) is 0 Å². The molecule has 0 aliphatic heterocycles. The molecule has 3 aromatic carbocycles. The molecule has 2 atom stereocenters. The van der Waals surface area contributed by atoms with Gasteiger partial charge in [0.15, 0.2) is 0 Å². The van der Waals surface area contributed by atoms with E-state index in [-0.39, 0.29) is 6.42 Å². The lowest BCUT2D eigenvalue weighted by atomic mass is 9.90. The van der Waals surface area contributed by atoms with Crippen LogP contribution in [0.4, 0.5) is 0 Å². The standard InChI is InChI=1S/C19H18O4/c1-23-17(21)11-16(20)19(22)18-14-8-4-2-6-12(14)10-13-7-3-5-9-15(13)18/h2-10,16,19-20,22H,11H2,1H3. The topological polar surface area (TPSA) is 66.8 Å². The number of esters is 1. The van der Waals surface area contributed by atoms with Crippen molar-refractivity contribution in [1.82, 2.24) is 0 Å². The van der Waals surface area contributed by atoms with Crippen LogP contribution < -0.4 is 0 Å². The van der Waals surface area contributed by atoms with Gasteiger partial charge in [0.25, 0.3) is 0 Å². The Morgan fingerprint density at radius 3 is 2.04 bits per heavy atom. The second-order valence-corrected chi connectivity index (χ2v) is 5.52. The summed E-state index contributed by atoms with van der Waals surface area (Å²) < 4.78 is 4.57. The molecule has 0 aliphatic rings. The summed E-state index contributed by atoms with van der Waals surface area (Å²) in [6, 6.07) is 17.4. The van der Waals surface area contributed by atoms with Crippen molar-refractivity contribution in [3.8, 4) is 0 Å². The maximum absolute atomic E-state index is 11.4. The van der Waals surface area contributed by atoms with E-state index < -0.39 is 18.2 Å². The lowest BCUT2D eigenvalue weighted by Crippen LogP contribution is -2.23. The number of rotatable bonds is 4. The largest absolute Gasteiger partial charge is 0.469 e. The van der Waals surface area contributed by atoms with Crippen LogP contribution >= 0.6 is 0 Å². The van der Waals surface area contributed by atoms with E-state index in [2.05, 4.69) is 4.74 Å². The van der Waals surface area contributed by atoms with Crippen LogP contribution in [0.5, 0.6) is 0 Å². The summed E-state index contributed by atoms with van der Waals surface area (Å²) in [4.78, 5) is 11.4. The normalized spacial score (nSPS) is 13.9. The molecule has 4 heteroatoms. The molecule has 2 unspecified atom stereocenters. The number of ether oxygens (including phenoxy) is 1. The first-order valence-electron chi connectivity index (χ1n) is 7.45. The lowest BCUT2D eigenvalue weighted by molar-refractivity contribution is -0.144. The predicted molar refractivity (Wildman–Crippen MR) is 89.1 cm³/mol. The monoisotopic (exact) mass is 310 g/mol. The molecule has 23 heavy (non-hydrogen) atoms. The highest BCUT2D eigenvalue weighted by Crippen LogP contribution is 2.34. The van der Waals surface area contributed by atoms with Crippen molar-refractivity contribution < 1.29 is 19.7 Å². The van der Waals surface area contributed by atoms with Gasteiger partial charge in [0.2, 0.25) is 0 Å². The molecule has 118 valence electrons. The van der Waals surface area contributed by atoms with Gasteiger partial charge in [-0.2, -0.15) is 0 Å². The Hall–Kier alpha value is -2.43. The fourth-order valence-electron chi connectivity index (χ4n) is 2.93. The highest BCUT2D eigenvalue weighted by atomic mass is 16.5. The minimum atomic E-state index is -1.23. The van der Waals surface area contributed by atoms with Gasteiger partial charge in [-0.25, -0.2) is 0 Å². The second-order valence-electron chi connectivity index (χ2n) is 5.52. The SMILES string of the molecule is COC(=O)CC(O)C(O)c1c2ccccc2cc2ccccc12. The Kier molecular flexibility index (Phi) is 4.28. The Morgan fingerprint density at radius 2 is 1.52 bits per heavy atom. The highest BCUT2D eigenvalue weighted by molar-refractivity contribution is 6.02. The zero-order chi connectivity index (χ0) is 16.4. The van der Waals surface area contributed by atoms with Crippen LogP contribution in [0.1, 0.15) is 18.1 Å². The van der Waals surface area contributed by atoms with Gasteiger partial charge in [-0.1, -0.05) is 48.5 Å². The Labute approximate surface area is 133 Å². The van der Waals surface area contributed by atoms with Gasteiger partial charge in [0.05, 0.1) is 19.6 Å². The molecule has 0 heterocycles. The summed E-state index contributed by atoms with van der Waals surface area (Å²) >= 11 is 0. The number of benzene rings is 3. The Balaban J connectivity index is 2.18. The minimum Gasteiger partial charge on any atom is -0.469 e. The van der Waals surface area contributed by atoms with E-state index in [1.807, 2.05) is 54.6 Å². The van der Waals surface area contributed by atoms with Crippen LogP contribution in [0.2, 0.25) is 0 Å². The fraction of sp³-hybridized carbons (Fsp3) is 0.211. The number of methoxy groups -OCH3 is 1. The van der Waals surface area contributed by atoms with E-state index >= 15 is 0 Å². The maximum Gasteiger partial charge on any atom is 0.308 e. The van der Waals surface area contributed by atoms with Crippen LogP contribution in [0.3, 0.4) is 0 Å². The number of aliphatic hydroxyl groups excluding tert-OH is 2. The summed E-state index contributed by atoms with van der Waals surface area (Å²) in [5, 5.41) is 24.6. The smallest absolute Gasteiger partial charge is 0.308 e. The Bertz CT molecular complexity index is 802. The molecule has 0 saturated heterocycles. The van der Waals surface area contributed by atoms with Crippen molar-refractivity contribution in [2.24, 2.45) is 0 Å². The van der Waals surface area contributed by atoms with E-state index in [0.717, 1.165) is 21.5 Å². The molecule has 0 radical (unpaired) electrons.